The van der Waals surface area contributed by atoms with Gasteiger partial charge in [0.2, 0.25) is 10.0 Å². The summed E-state index contributed by atoms with van der Waals surface area (Å²) in [6.07, 6.45) is -8.29. The lowest BCUT2D eigenvalue weighted by Gasteiger charge is -2.57. The van der Waals surface area contributed by atoms with Gasteiger partial charge in [0, 0.05) is 31.1 Å². The zero-order valence-electron chi connectivity index (χ0n) is 22.7. The molecule has 0 saturated carbocycles. The molecule has 226 valence electrons. The largest absolute Gasteiger partial charge is 0.417 e. The summed E-state index contributed by atoms with van der Waals surface area (Å²) in [7, 11) is -4.50. The molecule has 2 aliphatic heterocycles. The van der Waals surface area contributed by atoms with Crippen LogP contribution in [0.3, 0.4) is 0 Å². The molecule has 2 aliphatic rings. The third-order valence-electron chi connectivity index (χ3n) is 8.39. The first kappa shape index (κ1) is 30.5. The molecule has 2 heterocycles. The predicted molar refractivity (Wildman–Crippen MR) is 145 cm³/mol. The van der Waals surface area contributed by atoms with Gasteiger partial charge in [-0.15, -0.1) is 0 Å². The first-order chi connectivity index (χ1) is 19.7. The minimum Gasteiger partial charge on any atom is -0.395 e. The Hall–Kier alpha value is -2.93. The quantitative estimate of drug-likeness (QED) is 0.343. The summed E-state index contributed by atoms with van der Waals surface area (Å²) in [6, 6.07) is 14.3. The van der Waals surface area contributed by atoms with Crippen molar-refractivity contribution in [2.24, 2.45) is 0 Å². The summed E-state index contributed by atoms with van der Waals surface area (Å²) < 4.78 is 110. The van der Waals surface area contributed by atoms with Gasteiger partial charge < -0.3 is 5.11 Å². The van der Waals surface area contributed by atoms with Gasteiger partial charge in [0.15, 0.2) is 0 Å². The second-order valence-electron chi connectivity index (χ2n) is 10.7. The van der Waals surface area contributed by atoms with E-state index in [0.717, 1.165) is 34.1 Å². The fraction of sp³-hybridized carbons (Fsp3) is 0.400. The third kappa shape index (κ3) is 5.57. The van der Waals surface area contributed by atoms with Gasteiger partial charge in [-0.3, -0.25) is 4.90 Å². The van der Waals surface area contributed by atoms with Gasteiger partial charge in [-0.05, 0) is 66.8 Å². The molecule has 1 unspecified atom stereocenters. The van der Waals surface area contributed by atoms with E-state index in [0.29, 0.717) is 30.5 Å². The van der Waals surface area contributed by atoms with Crippen LogP contribution in [0.25, 0.3) is 11.1 Å². The molecule has 3 aromatic rings. The molecule has 5 nitrogen and oxygen atoms in total. The molecule has 3 aromatic carbocycles. The monoisotopic (exact) mass is 612 g/mol. The molecule has 0 aromatic heterocycles. The normalized spacial score (nSPS) is 22.6. The zero-order valence-corrected chi connectivity index (χ0v) is 23.5. The number of alkyl halides is 6. The van der Waals surface area contributed by atoms with E-state index >= 15 is 0 Å². The average molecular weight is 613 g/mol. The average Bonchev–Trinajstić information content (AvgIpc) is 2.91. The van der Waals surface area contributed by atoms with Crippen molar-refractivity contribution in [1.29, 1.82) is 0 Å². The number of sulfonamides is 1. The smallest absolute Gasteiger partial charge is 0.395 e. The standard InChI is InChI=1S/C30H30F6N2O3S/c1-19-22(7-6-9-23(19)29(31,32)33)20-11-13-21(14-12-20)28-25-17-37(15-4-5-16-38(25)26(28)18-39)42(40,41)27-10-3-2-8-24(27)30(34,35)36/h2-3,6-14,25-26,28,39H,4-5,15-18H2,1H3/t25-,26+,28?/m0/s1. The Bertz CT molecular complexity index is 1540. The van der Waals surface area contributed by atoms with Crippen LogP contribution in [0.2, 0.25) is 0 Å². The lowest BCUT2D eigenvalue weighted by molar-refractivity contribution is -0.140. The van der Waals surface area contributed by atoms with E-state index in [9.17, 15) is 39.9 Å². The Kier molecular flexibility index (Phi) is 8.21. The van der Waals surface area contributed by atoms with Crippen molar-refractivity contribution in [2.75, 3.05) is 26.2 Å². The molecular formula is C30H30F6N2O3S. The number of rotatable bonds is 5. The second-order valence-corrected chi connectivity index (χ2v) is 12.6. The first-order valence-corrected chi connectivity index (χ1v) is 15.0. The van der Waals surface area contributed by atoms with Crippen molar-refractivity contribution in [3.8, 4) is 11.1 Å². The van der Waals surface area contributed by atoms with E-state index in [-0.39, 0.29) is 37.2 Å². The molecule has 0 aliphatic carbocycles. The highest BCUT2D eigenvalue weighted by Gasteiger charge is 2.51. The molecule has 2 fully saturated rings. The van der Waals surface area contributed by atoms with E-state index < -0.39 is 44.4 Å². The topological polar surface area (TPSA) is 60.9 Å². The van der Waals surface area contributed by atoms with E-state index in [4.69, 9.17) is 0 Å². The van der Waals surface area contributed by atoms with Gasteiger partial charge >= 0.3 is 12.4 Å². The molecular weight excluding hydrogens is 582 g/mol. The van der Waals surface area contributed by atoms with Crippen LogP contribution in [0.15, 0.2) is 71.6 Å². The lowest BCUT2D eigenvalue weighted by Crippen LogP contribution is -2.67. The van der Waals surface area contributed by atoms with Crippen molar-refractivity contribution >= 4 is 10.0 Å². The SMILES string of the molecule is Cc1c(-c2ccc(C3[C@@H](CO)N4CCCCN(S(=O)(=O)c5ccccc5C(F)(F)F)C[C@@H]34)cc2)cccc1C(F)(F)F. The maximum absolute atomic E-state index is 13.7. The molecule has 0 amide bonds. The predicted octanol–water partition coefficient (Wildman–Crippen LogP) is 6.31. The molecule has 5 rings (SSSR count). The minimum absolute atomic E-state index is 0.0587. The van der Waals surface area contributed by atoms with Gasteiger partial charge in [-0.25, -0.2) is 8.42 Å². The van der Waals surface area contributed by atoms with E-state index in [1.807, 2.05) is 4.90 Å². The number of aliphatic hydroxyl groups is 1. The maximum atomic E-state index is 13.7. The highest BCUT2D eigenvalue weighted by Crippen LogP contribution is 2.44. The molecule has 0 radical (unpaired) electrons. The van der Waals surface area contributed by atoms with Gasteiger partial charge in [0.1, 0.15) is 0 Å². The molecule has 0 bridgehead atoms. The van der Waals surface area contributed by atoms with Crippen molar-refractivity contribution in [3.63, 3.8) is 0 Å². The van der Waals surface area contributed by atoms with Crippen molar-refractivity contribution in [2.45, 2.75) is 55.0 Å². The van der Waals surface area contributed by atoms with E-state index in [2.05, 4.69) is 0 Å². The maximum Gasteiger partial charge on any atom is 0.417 e. The number of aliphatic hydroxyl groups excluding tert-OH is 1. The van der Waals surface area contributed by atoms with Crippen LogP contribution < -0.4 is 0 Å². The van der Waals surface area contributed by atoms with Crippen molar-refractivity contribution in [3.05, 3.63) is 89.0 Å². The summed E-state index contributed by atoms with van der Waals surface area (Å²) in [5.41, 5.74) is -0.0792. The number of halogens is 6. The molecule has 12 heteroatoms. The second kappa shape index (κ2) is 11.3. The summed E-state index contributed by atoms with van der Waals surface area (Å²) in [5.74, 6) is -0.333. The Balaban J connectivity index is 1.46. The zero-order chi connectivity index (χ0) is 30.4. The van der Waals surface area contributed by atoms with Crippen LogP contribution in [0, 0.1) is 6.92 Å². The fourth-order valence-corrected chi connectivity index (χ4v) is 8.04. The van der Waals surface area contributed by atoms with E-state index in [1.165, 1.54) is 19.1 Å². The van der Waals surface area contributed by atoms with Crippen LogP contribution in [0.4, 0.5) is 26.3 Å². The molecule has 2 saturated heterocycles. The molecule has 42 heavy (non-hydrogen) atoms. The van der Waals surface area contributed by atoms with E-state index in [1.54, 1.807) is 30.3 Å². The molecule has 1 N–H and O–H groups in total. The fourth-order valence-electron chi connectivity index (χ4n) is 6.33. The number of hydrogen-bond acceptors (Lipinski definition) is 4. The van der Waals surface area contributed by atoms with Crippen LogP contribution in [0.5, 0.6) is 0 Å². The van der Waals surface area contributed by atoms with Crippen molar-refractivity contribution < 1.29 is 39.9 Å². The van der Waals surface area contributed by atoms with Crippen LogP contribution >= 0.6 is 0 Å². The van der Waals surface area contributed by atoms with Crippen LogP contribution in [-0.2, 0) is 22.4 Å². The summed E-state index contributed by atoms with van der Waals surface area (Å²) in [4.78, 5) is 1.20. The first-order valence-electron chi connectivity index (χ1n) is 13.5. The summed E-state index contributed by atoms with van der Waals surface area (Å²) in [5, 5.41) is 10.2. The summed E-state index contributed by atoms with van der Waals surface area (Å²) in [6.45, 7) is 1.80. The molecule has 0 spiro atoms. The van der Waals surface area contributed by atoms with Gasteiger partial charge in [-0.2, -0.15) is 30.6 Å². The number of benzene rings is 3. The number of nitrogens with zero attached hydrogens (tertiary/aromatic N) is 2. The van der Waals surface area contributed by atoms with Gasteiger partial charge in [0.25, 0.3) is 0 Å². The van der Waals surface area contributed by atoms with Crippen LogP contribution in [-0.4, -0.2) is 61.1 Å². The Morgan fingerprint density at radius 3 is 2.10 bits per heavy atom. The highest BCUT2D eigenvalue weighted by atomic mass is 32.2. The number of fused-ring (bicyclic) bond motifs is 1. The highest BCUT2D eigenvalue weighted by molar-refractivity contribution is 7.89. The van der Waals surface area contributed by atoms with Gasteiger partial charge in [0.05, 0.1) is 22.6 Å². The van der Waals surface area contributed by atoms with Crippen LogP contribution in [0.1, 0.15) is 41.0 Å². The number of hydrogen-bond donors (Lipinski definition) is 1. The Morgan fingerprint density at radius 2 is 1.45 bits per heavy atom. The third-order valence-corrected chi connectivity index (χ3v) is 10.3. The minimum atomic E-state index is -4.85. The Labute approximate surface area is 240 Å². The summed E-state index contributed by atoms with van der Waals surface area (Å²) >= 11 is 0. The Morgan fingerprint density at radius 1 is 0.833 bits per heavy atom. The molecule has 3 atom stereocenters. The van der Waals surface area contributed by atoms with Gasteiger partial charge in [-0.1, -0.05) is 48.5 Å². The van der Waals surface area contributed by atoms with Crippen molar-refractivity contribution in [1.82, 2.24) is 9.21 Å². The lowest BCUT2D eigenvalue weighted by atomic mass is 9.74.